The van der Waals surface area contributed by atoms with E-state index < -0.39 is 5.91 Å². The van der Waals surface area contributed by atoms with E-state index in [2.05, 4.69) is 40.2 Å². The van der Waals surface area contributed by atoms with E-state index in [1.54, 1.807) is 12.3 Å². The lowest BCUT2D eigenvalue weighted by molar-refractivity contribution is 0.0952. The van der Waals surface area contributed by atoms with Crippen LogP contribution in [0.4, 0.5) is 0 Å². The Kier molecular flexibility index (Phi) is 5.49. The van der Waals surface area contributed by atoms with E-state index in [0.29, 0.717) is 5.75 Å². The van der Waals surface area contributed by atoms with Gasteiger partial charge >= 0.3 is 0 Å². The Labute approximate surface area is 164 Å². The monoisotopic (exact) mass is 377 g/mol. The predicted molar refractivity (Wildman–Crippen MR) is 110 cm³/mol. The number of nitrogens with zero attached hydrogens (tertiary/aromatic N) is 2. The first-order valence-electron chi connectivity index (χ1n) is 8.87. The van der Waals surface area contributed by atoms with Gasteiger partial charge in [-0.1, -0.05) is 12.1 Å². The summed E-state index contributed by atoms with van der Waals surface area (Å²) in [6, 6.07) is 14.8. The highest BCUT2D eigenvalue weighted by molar-refractivity contribution is 5.97. The van der Waals surface area contributed by atoms with Gasteiger partial charge in [-0.2, -0.15) is 5.10 Å². The van der Waals surface area contributed by atoms with Gasteiger partial charge in [0.2, 0.25) is 0 Å². The summed E-state index contributed by atoms with van der Waals surface area (Å²) in [5.41, 5.74) is 7.85. The van der Waals surface area contributed by atoms with Crippen LogP contribution in [0.3, 0.4) is 0 Å². The molecule has 6 heteroatoms. The van der Waals surface area contributed by atoms with Crippen LogP contribution in [-0.2, 0) is 0 Å². The number of aromatic nitrogens is 1. The second-order valence-electron chi connectivity index (χ2n) is 6.58. The van der Waals surface area contributed by atoms with Gasteiger partial charge in [0.15, 0.2) is 0 Å². The van der Waals surface area contributed by atoms with Gasteiger partial charge in [-0.3, -0.25) is 4.79 Å². The van der Waals surface area contributed by atoms with E-state index in [1.807, 2.05) is 26.0 Å². The Bertz CT molecular complexity index is 1050. The number of phenolic OH excluding ortho intramolecular Hbond substituents is 1. The van der Waals surface area contributed by atoms with Gasteiger partial charge in [0.25, 0.3) is 5.91 Å². The van der Waals surface area contributed by atoms with Crippen molar-refractivity contribution >= 4 is 12.1 Å². The number of aryl methyl sites for hydroxylation is 2. The van der Waals surface area contributed by atoms with Crippen LogP contribution in [0.15, 0.2) is 53.6 Å². The van der Waals surface area contributed by atoms with E-state index in [-0.39, 0.29) is 11.3 Å². The minimum Gasteiger partial charge on any atom is -0.507 e. The summed E-state index contributed by atoms with van der Waals surface area (Å²) in [5, 5.41) is 14.0. The zero-order valence-electron chi connectivity index (χ0n) is 16.4. The smallest absolute Gasteiger partial charge is 0.275 e. The largest absolute Gasteiger partial charge is 0.507 e. The first kappa shape index (κ1) is 19.2. The van der Waals surface area contributed by atoms with Crippen LogP contribution in [0.5, 0.6) is 11.5 Å². The van der Waals surface area contributed by atoms with Gasteiger partial charge in [0, 0.05) is 28.7 Å². The van der Waals surface area contributed by atoms with Crippen molar-refractivity contribution in [1.29, 1.82) is 0 Å². The number of rotatable bonds is 5. The van der Waals surface area contributed by atoms with Crippen molar-refractivity contribution in [3.05, 3.63) is 76.6 Å². The van der Waals surface area contributed by atoms with Gasteiger partial charge < -0.3 is 14.4 Å². The van der Waals surface area contributed by atoms with E-state index in [0.717, 1.165) is 22.6 Å². The maximum Gasteiger partial charge on any atom is 0.275 e. The summed E-state index contributed by atoms with van der Waals surface area (Å²) >= 11 is 0. The summed E-state index contributed by atoms with van der Waals surface area (Å²) in [7, 11) is 1.49. The average Bonchev–Trinajstić information content (AvgIpc) is 2.94. The van der Waals surface area contributed by atoms with Crippen molar-refractivity contribution in [3.63, 3.8) is 0 Å². The molecule has 3 rings (SSSR count). The highest BCUT2D eigenvalue weighted by Crippen LogP contribution is 2.23. The third-order valence-electron chi connectivity index (χ3n) is 4.55. The number of methoxy groups -OCH3 is 1. The summed E-state index contributed by atoms with van der Waals surface area (Å²) in [5.74, 6) is -0.185. The molecule has 0 saturated heterocycles. The number of carbonyl (C=O) groups is 1. The molecule has 0 aliphatic carbocycles. The Morgan fingerprint density at radius 2 is 1.93 bits per heavy atom. The fraction of sp³-hybridized carbons (Fsp3) is 0.182. The Balaban J connectivity index is 1.78. The number of aromatic hydroxyl groups is 1. The minimum absolute atomic E-state index is 0.128. The summed E-state index contributed by atoms with van der Waals surface area (Å²) in [6.07, 6.45) is 1.60. The van der Waals surface area contributed by atoms with E-state index in [4.69, 9.17) is 4.74 Å². The number of hydrogen-bond donors (Lipinski definition) is 2. The minimum atomic E-state index is -0.496. The Morgan fingerprint density at radius 1 is 1.14 bits per heavy atom. The molecule has 6 nitrogen and oxygen atoms in total. The van der Waals surface area contributed by atoms with Gasteiger partial charge in [-0.15, -0.1) is 0 Å². The van der Waals surface area contributed by atoms with E-state index >= 15 is 0 Å². The van der Waals surface area contributed by atoms with Crippen molar-refractivity contribution < 1.29 is 14.6 Å². The standard InChI is InChI=1S/C22H23N3O3/c1-14-6-5-7-18(10-14)25-15(2)11-17(16(25)3)13-23-24-22(27)20-9-8-19(28-4)12-21(20)26/h5-13,26H,1-4H3,(H,24,27)/b23-13-. The number of carbonyl (C=O) groups excluding carboxylic acids is 1. The zero-order valence-corrected chi connectivity index (χ0v) is 16.4. The first-order valence-corrected chi connectivity index (χ1v) is 8.87. The molecule has 0 aliphatic heterocycles. The maximum atomic E-state index is 12.2. The fourth-order valence-electron chi connectivity index (χ4n) is 3.13. The average molecular weight is 377 g/mol. The quantitative estimate of drug-likeness (QED) is 0.523. The number of benzene rings is 2. The number of phenols is 1. The maximum absolute atomic E-state index is 12.2. The first-order chi connectivity index (χ1) is 13.4. The van der Waals surface area contributed by atoms with Crippen molar-refractivity contribution in [3.8, 4) is 17.2 Å². The highest BCUT2D eigenvalue weighted by atomic mass is 16.5. The number of ether oxygens (including phenoxy) is 1. The van der Waals surface area contributed by atoms with Crippen LogP contribution in [0.1, 0.15) is 32.9 Å². The van der Waals surface area contributed by atoms with Crippen molar-refractivity contribution in [1.82, 2.24) is 9.99 Å². The molecule has 2 aromatic carbocycles. The van der Waals surface area contributed by atoms with Crippen molar-refractivity contribution in [2.45, 2.75) is 20.8 Å². The molecular weight excluding hydrogens is 354 g/mol. The second-order valence-corrected chi connectivity index (χ2v) is 6.58. The molecule has 3 aromatic rings. The van der Waals surface area contributed by atoms with Gasteiger partial charge in [-0.05, 0) is 56.7 Å². The number of hydrogen-bond acceptors (Lipinski definition) is 4. The fourth-order valence-corrected chi connectivity index (χ4v) is 3.13. The molecule has 0 unspecified atom stereocenters. The molecule has 0 atom stereocenters. The third-order valence-corrected chi connectivity index (χ3v) is 4.55. The normalized spacial score (nSPS) is 11.0. The lowest BCUT2D eigenvalue weighted by Gasteiger charge is -2.10. The molecule has 1 aromatic heterocycles. The van der Waals surface area contributed by atoms with Crippen molar-refractivity contribution in [2.24, 2.45) is 5.10 Å². The van der Waals surface area contributed by atoms with Crippen LogP contribution in [-0.4, -0.2) is 28.9 Å². The predicted octanol–water partition coefficient (Wildman–Crippen LogP) is 3.88. The summed E-state index contributed by atoms with van der Waals surface area (Å²) in [4.78, 5) is 12.2. The number of hydrazone groups is 1. The Hall–Kier alpha value is -3.54. The SMILES string of the molecule is COc1ccc(C(=O)N/N=C\c2cc(C)n(-c3cccc(C)c3)c2C)c(O)c1. The summed E-state index contributed by atoms with van der Waals surface area (Å²) < 4.78 is 7.16. The molecule has 0 bridgehead atoms. The molecule has 144 valence electrons. The third kappa shape index (κ3) is 3.91. The van der Waals surface area contributed by atoms with Gasteiger partial charge in [0.05, 0.1) is 18.9 Å². The molecule has 0 saturated carbocycles. The van der Waals surface area contributed by atoms with Crippen molar-refractivity contribution in [2.75, 3.05) is 7.11 Å². The van der Waals surface area contributed by atoms with E-state index in [1.165, 1.54) is 24.8 Å². The Morgan fingerprint density at radius 3 is 2.61 bits per heavy atom. The van der Waals surface area contributed by atoms with Gasteiger partial charge in [0.1, 0.15) is 11.5 Å². The number of amides is 1. The lowest BCUT2D eigenvalue weighted by atomic mass is 10.2. The molecule has 2 N–H and O–H groups in total. The number of nitrogens with one attached hydrogen (secondary N) is 1. The summed E-state index contributed by atoms with van der Waals surface area (Å²) in [6.45, 7) is 6.10. The topological polar surface area (TPSA) is 75.8 Å². The molecule has 1 amide bonds. The van der Waals surface area contributed by atoms with Crippen LogP contribution >= 0.6 is 0 Å². The lowest BCUT2D eigenvalue weighted by Crippen LogP contribution is -2.17. The molecule has 0 fully saturated rings. The molecule has 0 radical (unpaired) electrons. The molecule has 0 aliphatic rings. The van der Waals surface area contributed by atoms with Crippen LogP contribution < -0.4 is 10.2 Å². The molecule has 0 spiro atoms. The second kappa shape index (κ2) is 8.00. The molecule has 1 heterocycles. The molecular formula is C22H23N3O3. The van der Waals surface area contributed by atoms with E-state index in [9.17, 15) is 9.90 Å². The molecule has 28 heavy (non-hydrogen) atoms. The highest BCUT2D eigenvalue weighted by Gasteiger charge is 2.12. The zero-order chi connectivity index (χ0) is 20.3. The van der Waals surface area contributed by atoms with Crippen LogP contribution in [0.25, 0.3) is 5.69 Å². The van der Waals surface area contributed by atoms with Crippen LogP contribution in [0, 0.1) is 20.8 Å². The van der Waals surface area contributed by atoms with Crippen LogP contribution in [0.2, 0.25) is 0 Å². The van der Waals surface area contributed by atoms with Gasteiger partial charge in [-0.25, -0.2) is 5.43 Å².